The summed E-state index contributed by atoms with van der Waals surface area (Å²) in [4.78, 5) is 19.1. The molecule has 3 N–H and O–H groups in total. The Balaban J connectivity index is 0.00000841. The van der Waals surface area contributed by atoms with E-state index in [2.05, 4.69) is 50.6 Å². The number of carbonyl (C=O) groups is 1. The summed E-state index contributed by atoms with van der Waals surface area (Å²) in [6.07, 6.45) is 2.25. The molecule has 0 radical (unpaired) electrons. The van der Waals surface area contributed by atoms with Crippen molar-refractivity contribution in [2.24, 2.45) is 10.4 Å². The van der Waals surface area contributed by atoms with E-state index in [1.54, 1.807) is 0 Å². The maximum atomic E-state index is 12.3. The van der Waals surface area contributed by atoms with Gasteiger partial charge in [0.2, 0.25) is 0 Å². The molecule has 6 nitrogen and oxygen atoms in total. The van der Waals surface area contributed by atoms with E-state index in [4.69, 9.17) is 4.99 Å². The number of rotatable bonds is 10. The van der Waals surface area contributed by atoms with Crippen LogP contribution >= 0.6 is 24.0 Å². The number of amides is 1. The monoisotopic (exact) mass is 531 g/mol. The van der Waals surface area contributed by atoms with E-state index < -0.39 is 0 Å². The van der Waals surface area contributed by atoms with Crippen molar-refractivity contribution in [2.75, 3.05) is 33.7 Å². The van der Waals surface area contributed by atoms with Gasteiger partial charge in [-0.05, 0) is 63.9 Å². The Hall–Kier alpha value is -1.35. The molecular formula is C23H42IN5O. The molecule has 172 valence electrons. The normalized spacial score (nSPS) is 12.9. The van der Waals surface area contributed by atoms with Gasteiger partial charge in [0.25, 0.3) is 5.91 Å². The SMILES string of the molecule is CCNC(=NCc1cccc(C(=O)NCCN(C)C)c1)NC(C)CCC(C)(C)C.I. The zero-order chi connectivity index (χ0) is 21.9. The summed E-state index contributed by atoms with van der Waals surface area (Å²) in [5.41, 5.74) is 2.02. The molecule has 1 aromatic rings. The van der Waals surface area contributed by atoms with Crippen molar-refractivity contribution in [3.63, 3.8) is 0 Å². The lowest BCUT2D eigenvalue weighted by Gasteiger charge is -2.23. The van der Waals surface area contributed by atoms with Crippen LogP contribution in [0.2, 0.25) is 0 Å². The lowest BCUT2D eigenvalue weighted by Crippen LogP contribution is -2.42. The second kappa shape index (κ2) is 14.6. The number of nitrogens with one attached hydrogen (secondary N) is 3. The van der Waals surface area contributed by atoms with Crippen molar-refractivity contribution in [1.29, 1.82) is 0 Å². The Bertz CT molecular complexity index is 655. The van der Waals surface area contributed by atoms with Crippen LogP contribution in [0.15, 0.2) is 29.3 Å². The van der Waals surface area contributed by atoms with Crippen LogP contribution in [-0.4, -0.2) is 56.5 Å². The third kappa shape index (κ3) is 13.1. The van der Waals surface area contributed by atoms with E-state index in [-0.39, 0.29) is 29.9 Å². The first kappa shape index (κ1) is 28.6. The third-order valence-corrected chi connectivity index (χ3v) is 4.51. The van der Waals surface area contributed by atoms with Crippen molar-refractivity contribution >= 4 is 35.8 Å². The predicted octanol–water partition coefficient (Wildman–Crippen LogP) is 3.87. The Morgan fingerprint density at radius 3 is 2.50 bits per heavy atom. The Kier molecular flexibility index (Phi) is 14.0. The molecular weight excluding hydrogens is 489 g/mol. The maximum Gasteiger partial charge on any atom is 0.251 e. The fourth-order valence-electron chi connectivity index (χ4n) is 2.75. The first-order valence-corrected chi connectivity index (χ1v) is 10.7. The highest BCUT2D eigenvalue weighted by Gasteiger charge is 2.13. The molecule has 0 spiro atoms. The summed E-state index contributed by atoms with van der Waals surface area (Å²) in [5, 5.41) is 9.76. The van der Waals surface area contributed by atoms with Crippen LogP contribution in [-0.2, 0) is 6.54 Å². The molecule has 0 saturated carbocycles. The summed E-state index contributed by atoms with van der Waals surface area (Å²) < 4.78 is 0. The molecule has 0 aliphatic rings. The van der Waals surface area contributed by atoms with Crippen molar-refractivity contribution in [3.05, 3.63) is 35.4 Å². The molecule has 0 fully saturated rings. The predicted molar refractivity (Wildman–Crippen MR) is 139 cm³/mol. The van der Waals surface area contributed by atoms with Gasteiger partial charge in [0.05, 0.1) is 6.54 Å². The first-order chi connectivity index (χ1) is 13.6. The van der Waals surface area contributed by atoms with Crippen molar-refractivity contribution in [2.45, 2.75) is 60.0 Å². The molecule has 0 aliphatic heterocycles. The molecule has 0 aliphatic carbocycles. The Morgan fingerprint density at radius 2 is 1.90 bits per heavy atom. The molecule has 1 aromatic carbocycles. The van der Waals surface area contributed by atoms with Gasteiger partial charge in [-0.2, -0.15) is 0 Å². The van der Waals surface area contributed by atoms with Gasteiger partial charge < -0.3 is 20.9 Å². The van der Waals surface area contributed by atoms with Crippen LogP contribution in [0.1, 0.15) is 63.4 Å². The van der Waals surface area contributed by atoms with Crippen LogP contribution in [0.4, 0.5) is 0 Å². The van der Waals surface area contributed by atoms with Gasteiger partial charge in [0.1, 0.15) is 0 Å². The van der Waals surface area contributed by atoms with E-state index >= 15 is 0 Å². The number of guanidine groups is 1. The molecule has 1 atom stereocenters. The van der Waals surface area contributed by atoms with Crippen LogP contribution in [0.5, 0.6) is 0 Å². The smallest absolute Gasteiger partial charge is 0.251 e. The minimum absolute atomic E-state index is 0. The average Bonchev–Trinajstić information content (AvgIpc) is 2.64. The highest BCUT2D eigenvalue weighted by molar-refractivity contribution is 14.0. The molecule has 30 heavy (non-hydrogen) atoms. The minimum atomic E-state index is -0.0430. The topological polar surface area (TPSA) is 68.8 Å². The molecule has 0 aromatic heterocycles. The molecule has 0 bridgehead atoms. The molecule has 1 unspecified atom stereocenters. The molecule has 0 heterocycles. The molecule has 1 rings (SSSR count). The minimum Gasteiger partial charge on any atom is -0.357 e. The van der Waals surface area contributed by atoms with Gasteiger partial charge in [0, 0.05) is 31.2 Å². The van der Waals surface area contributed by atoms with Gasteiger partial charge in [-0.25, -0.2) is 4.99 Å². The molecule has 0 saturated heterocycles. The zero-order valence-corrected chi connectivity index (χ0v) is 22.2. The van der Waals surface area contributed by atoms with E-state index in [1.165, 1.54) is 0 Å². The van der Waals surface area contributed by atoms with Gasteiger partial charge in [-0.15, -0.1) is 24.0 Å². The number of hydrogen-bond donors (Lipinski definition) is 3. The number of carbonyl (C=O) groups excluding carboxylic acids is 1. The van der Waals surface area contributed by atoms with E-state index in [9.17, 15) is 4.79 Å². The molecule has 7 heteroatoms. The number of halogens is 1. The standard InChI is InChI=1S/C23H41N5O.HI/c1-8-24-22(27-18(2)12-13-23(3,4)5)26-17-19-10-9-11-20(16-19)21(29)25-14-15-28(6)7;/h9-11,16,18H,8,12-15,17H2,1-7H3,(H,25,29)(H2,24,26,27);1H. The number of benzene rings is 1. The number of likely N-dealkylation sites (N-methyl/N-ethyl adjacent to an activating group) is 1. The maximum absolute atomic E-state index is 12.3. The van der Waals surface area contributed by atoms with E-state index in [0.717, 1.165) is 37.5 Å². The van der Waals surface area contributed by atoms with Crippen molar-refractivity contribution in [1.82, 2.24) is 20.9 Å². The quantitative estimate of drug-likeness (QED) is 0.244. The van der Waals surface area contributed by atoms with Gasteiger partial charge >= 0.3 is 0 Å². The fraction of sp³-hybridized carbons (Fsp3) is 0.652. The fourth-order valence-corrected chi connectivity index (χ4v) is 2.75. The summed E-state index contributed by atoms with van der Waals surface area (Å²) in [6.45, 7) is 13.9. The van der Waals surface area contributed by atoms with Gasteiger partial charge in [-0.3, -0.25) is 4.79 Å². The number of aliphatic imine (C=N–C) groups is 1. The van der Waals surface area contributed by atoms with E-state index in [1.807, 2.05) is 43.3 Å². The summed E-state index contributed by atoms with van der Waals surface area (Å²) in [5.74, 6) is 0.772. The first-order valence-electron chi connectivity index (χ1n) is 10.7. The van der Waals surface area contributed by atoms with Gasteiger partial charge in [-0.1, -0.05) is 32.9 Å². The van der Waals surface area contributed by atoms with Crippen LogP contribution < -0.4 is 16.0 Å². The summed E-state index contributed by atoms with van der Waals surface area (Å²) >= 11 is 0. The van der Waals surface area contributed by atoms with Gasteiger partial charge in [0.15, 0.2) is 5.96 Å². The number of nitrogens with zero attached hydrogens (tertiary/aromatic N) is 2. The van der Waals surface area contributed by atoms with E-state index in [0.29, 0.717) is 30.1 Å². The summed E-state index contributed by atoms with van der Waals surface area (Å²) in [7, 11) is 3.98. The zero-order valence-electron chi connectivity index (χ0n) is 19.8. The second-order valence-electron chi connectivity index (χ2n) is 9.10. The Morgan fingerprint density at radius 1 is 1.20 bits per heavy atom. The Labute approximate surface area is 200 Å². The third-order valence-electron chi connectivity index (χ3n) is 4.51. The number of hydrogen-bond acceptors (Lipinski definition) is 3. The largest absolute Gasteiger partial charge is 0.357 e. The van der Waals surface area contributed by atoms with Crippen LogP contribution in [0, 0.1) is 5.41 Å². The molecule has 1 amide bonds. The van der Waals surface area contributed by atoms with Crippen LogP contribution in [0.3, 0.4) is 0 Å². The summed E-state index contributed by atoms with van der Waals surface area (Å²) in [6, 6.07) is 8.03. The highest BCUT2D eigenvalue weighted by atomic mass is 127. The lowest BCUT2D eigenvalue weighted by atomic mass is 9.89. The van der Waals surface area contributed by atoms with Crippen molar-refractivity contribution in [3.8, 4) is 0 Å². The lowest BCUT2D eigenvalue weighted by molar-refractivity contribution is 0.0951. The highest BCUT2D eigenvalue weighted by Crippen LogP contribution is 2.21. The second-order valence-corrected chi connectivity index (χ2v) is 9.10. The van der Waals surface area contributed by atoms with Crippen molar-refractivity contribution < 1.29 is 4.79 Å². The average molecular weight is 532 g/mol. The van der Waals surface area contributed by atoms with Crippen LogP contribution in [0.25, 0.3) is 0 Å².